The smallest absolute Gasteiger partial charge is 0.278 e. The molecule has 1 N–H and O–H groups in total. The number of thiophene rings is 1. The molecule has 2 aromatic carbocycles. The first kappa shape index (κ1) is 20.2. The zero-order valence-corrected chi connectivity index (χ0v) is 18.0. The molecule has 0 saturated heterocycles. The molecule has 30 heavy (non-hydrogen) atoms. The number of hydrogen-bond acceptors (Lipinski definition) is 5. The lowest BCUT2D eigenvalue weighted by Gasteiger charge is -2.17. The van der Waals surface area contributed by atoms with Crippen molar-refractivity contribution in [2.24, 2.45) is 0 Å². The summed E-state index contributed by atoms with van der Waals surface area (Å²) in [5.74, 6) is -0.0948. The van der Waals surface area contributed by atoms with Crippen molar-refractivity contribution < 1.29 is 14.3 Å². The molecule has 1 aliphatic rings. The fourth-order valence-electron chi connectivity index (χ4n) is 3.30. The van der Waals surface area contributed by atoms with Gasteiger partial charge in [0.05, 0.1) is 19.2 Å². The largest absolute Gasteiger partial charge is 0.496 e. The number of amides is 2. The second kappa shape index (κ2) is 8.34. The van der Waals surface area contributed by atoms with E-state index in [0.717, 1.165) is 16.0 Å². The quantitative estimate of drug-likeness (QED) is 0.543. The van der Waals surface area contributed by atoms with Crippen LogP contribution in [0.15, 0.2) is 65.7 Å². The minimum atomic E-state index is -0.383. The summed E-state index contributed by atoms with van der Waals surface area (Å²) in [7, 11) is 1.57. The van der Waals surface area contributed by atoms with E-state index < -0.39 is 0 Å². The molecule has 0 saturated carbocycles. The van der Waals surface area contributed by atoms with Gasteiger partial charge in [0.1, 0.15) is 11.4 Å². The van der Waals surface area contributed by atoms with Crippen molar-refractivity contribution in [2.45, 2.75) is 13.5 Å². The van der Waals surface area contributed by atoms with Gasteiger partial charge in [-0.15, -0.1) is 11.3 Å². The number of aryl methyl sites for hydroxylation is 1. The second-order valence-corrected chi connectivity index (χ2v) is 8.18. The molecule has 5 nitrogen and oxygen atoms in total. The lowest BCUT2D eigenvalue weighted by molar-refractivity contribution is -0.137. The molecule has 0 aliphatic carbocycles. The average molecular weight is 439 g/mol. The Bertz CT molecular complexity index is 1160. The Morgan fingerprint density at radius 1 is 1.07 bits per heavy atom. The van der Waals surface area contributed by atoms with Gasteiger partial charge in [-0.3, -0.25) is 14.5 Å². The Morgan fingerprint density at radius 3 is 2.57 bits per heavy atom. The van der Waals surface area contributed by atoms with Crippen LogP contribution in [0.2, 0.25) is 5.02 Å². The highest BCUT2D eigenvalue weighted by molar-refractivity contribution is 7.11. The number of carbonyl (C=O) groups excluding carboxylic acids is 2. The zero-order valence-electron chi connectivity index (χ0n) is 16.4. The van der Waals surface area contributed by atoms with Crippen molar-refractivity contribution in [2.75, 3.05) is 12.4 Å². The number of nitrogens with one attached hydrogen (secondary N) is 1. The average Bonchev–Trinajstić information content (AvgIpc) is 3.34. The molecule has 7 heteroatoms. The summed E-state index contributed by atoms with van der Waals surface area (Å²) >= 11 is 7.65. The molecule has 0 spiro atoms. The first-order chi connectivity index (χ1) is 14.5. The highest BCUT2D eigenvalue weighted by Gasteiger charge is 2.40. The highest BCUT2D eigenvalue weighted by Crippen LogP contribution is 2.35. The van der Waals surface area contributed by atoms with Crippen LogP contribution in [-0.2, 0) is 16.1 Å². The zero-order chi connectivity index (χ0) is 21.3. The molecule has 0 bridgehead atoms. The Balaban J connectivity index is 1.72. The van der Waals surface area contributed by atoms with Crippen LogP contribution in [0.4, 0.5) is 5.69 Å². The van der Waals surface area contributed by atoms with Gasteiger partial charge in [0.25, 0.3) is 11.8 Å². The van der Waals surface area contributed by atoms with E-state index in [-0.39, 0.29) is 24.1 Å². The Morgan fingerprint density at radius 2 is 1.87 bits per heavy atom. The minimum absolute atomic E-state index is 0.121. The molecular formula is C23H19ClN2O3S. The first-order valence-electron chi connectivity index (χ1n) is 9.29. The fraction of sp³-hybridized carbons (Fsp3) is 0.130. The molecule has 1 aromatic heterocycles. The number of nitrogens with zero attached hydrogens (tertiary/aromatic N) is 1. The predicted molar refractivity (Wildman–Crippen MR) is 120 cm³/mol. The minimum Gasteiger partial charge on any atom is -0.496 e. The normalized spacial score (nSPS) is 13.9. The standard InChI is InChI=1S/C23H19ClN2O3S/c1-14-9-10-16(12-17(14)24)25-21-20(19-8-5-11-30-19)22(27)26(23(21)28)13-15-6-3-4-7-18(15)29-2/h3-12,25H,13H2,1-2H3. The van der Waals surface area contributed by atoms with E-state index in [9.17, 15) is 9.59 Å². The van der Waals surface area contributed by atoms with Crippen LogP contribution in [0.3, 0.4) is 0 Å². The SMILES string of the molecule is COc1ccccc1CN1C(=O)C(Nc2ccc(C)c(Cl)c2)=C(c2cccs2)C1=O. The number of hydrogen-bond donors (Lipinski definition) is 1. The second-order valence-electron chi connectivity index (χ2n) is 6.82. The molecular weight excluding hydrogens is 420 g/mol. The van der Waals surface area contributed by atoms with Crippen LogP contribution in [-0.4, -0.2) is 23.8 Å². The lowest BCUT2D eigenvalue weighted by atomic mass is 10.1. The van der Waals surface area contributed by atoms with Crippen molar-refractivity contribution in [3.8, 4) is 5.75 Å². The van der Waals surface area contributed by atoms with Crippen molar-refractivity contribution in [1.82, 2.24) is 4.90 Å². The van der Waals surface area contributed by atoms with Gasteiger partial charge in [0.15, 0.2) is 0 Å². The number of rotatable bonds is 6. The Labute approximate surface area is 183 Å². The number of anilines is 1. The number of methoxy groups -OCH3 is 1. The van der Waals surface area contributed by atoms with Gasteiger partial charge < -0.3 is 10.1 Å². The van der Waals surface area contributed by atoms with E-state index in [2.05, 4.69) is 5.32 Å². The molecule has 0 atom stereocenters. The van der Waals surface area contributed by atoms with Gasteiger partial charge in [0.2, 0.25) is 0 Å². The Kier molecular flexibility index (Phi) is 5.61. The van der Waals surface area contributed by atoms with Gasteiger partial charge in [-0.25, -0.2) is 0 Å². The molecule has 4 rings (SSSR count). The van der Waals surface area contributed by atoms with Gasteiger partial charge in [-0.1, -0.05) is 41.9 Å². The fourth-order valence-corrected chi connectivity index (χ4v) is 4.25. The van der Waals surface area contributed by atoms with Crippen molar-refractivity contribution in [1.29, 1.82) is 0 Å². The predicted octanol–water partition coefficient (Wildman–Crippen LogP) is 5.11. The molecule has 2 heterocycles. The van der Waals surface area contributed by atoms with Gasteiger partial charge in [0, 0.05) is 21.2 Å². The summed E-state index contributed by atoms with van der Waals surface area (Å²) in [6, 6.07) is 16.5. The summed E-state index contributed by atoms with van der Waals surface area (Å²) < 4.78 is 5.38. The van der Waals surface area contributed by atoms with Crippen LogP contribution >= 0.6 is 22.9 Å². The summed E-state index contributed by atoms with van der Waals surface area (Å²) in [6.45, 7) is 2.03. The van der Waals surface area contributed by atoms with E-state index in [1.165, 1.54) is 16.2 Å². The number of carbonyl (C=O) groups is 2. The maximum absolute atomic E-state index is 13.3. The number of ether oxygens (including phenoxy) is 1. The summed E-state index contributed by atoms with van der Waals surface area (Å²) in [5, 5.41) is 5.59. The topological polar surface area (TPSA) is 58.6 Å². The van der Waals surface area contributed by atoms with Crippen LogP contribution in [0.25, 0.3) is 5.57 Å². The van der Waals surface area contributed by atoms with Crippen molar-refractivity contribution in [3.05, 3.63) is 86.7 Å². The molecule has 2 amide bonds. The first-order valence-corrected chi connectivity index (χ1v) is 10.5. The Hall–Kier alpha value is -3.09. The molecule has 3 aromatic rings. The molecule has 0 fully saturated rings. The third-order valence-electron chi connectivity index (χ3n) is 4.90. The van der Waals surface area contributed by atoms with Gasteiger partial charge >= 0.3 is 0 Å². The molecule has 0 radical (unpaired) electrons. The third kappa shape index (κ3) is 3.72. The van der Waals surface area contributed by atoms with E-state index in [1.807, 2.05) is 54.8 Å². The van der Waals surface area contributed by atoms with Gasteiger partial charge in [-0.2, -0.15) is 0 Å². The number of benzene rings is 2. The molecule has 152 valence electrons. The summed E-state index contributed by atoms with van der Waals surface area (Å²) in [5.41, 5.74) is 2.95. The monoisotopic (exact) mass is 438 g/mol. The number of halogens is 1. The maximum atomic E-state index is 13.3. The van der Waals surface area contributed by atoms with Crippen LogP contribution in [0.5, 0.6) is 5.75 Å². The summed E-state index contributed by atoms with van der Waals surface area (Å²) in [6.07, 6.45) is 0. The summed E-state index contributed by atoms with van der Waals surface area (Å²) in [4.78, 5) is 28.6. The number of imide groups is 1. The van der Waals surface area contributed by atoms with E-state index in [4.69, 9.17) is 16.3 Å². The van der Waals surface area contributed by atoms with Crippen molar-refractivity contribution in [3.63, 3.8) is 0 Å². The molecule has 1 aliphatic heterocycles. The van der Waals surface area contributed by atoms with Crippen LogP contribution < -0.4 is 10.1 Å². The maximum Gasteiger partial charge on any atom is 0.278 e. The van der Waals surface area contributed by atoms with Crippen molar-refractivity contribution >= 4 is 46.0 Å². The lowest BCUT2D eigenvalue weighted by Crippen LogP contribution is -2.32. The molecule has 0 unspecified atom stereocenters. The van der Waals surface area contributed by atoms with Gasteiger partial charge in [-0.05, 0) is 42.1 Å². The van der Waals surface area contributed by atoms with E-state index in [0.29, 0.717) is 22.0 Å². The highest BCUT2D eigenvalue weighted by atomic mass is 35.5. The van der Waals surface area contributed by atoms with E-state index >= 15 is 0 Å². The van der Waals surface area contributed by atoms with Crippen LogP contribution in [0, 0.1) is 6.92 Å². The van der Waals surface area contributed by atoms with E-state index in [1.54, 1.807) is 19.2 Å². The number of para-hydroxylation sites is 1. The van der Waals surface area contributed by atoms with Crippen LogP contribution in [0.1, 0.15) is 16.0 Å². The third-order valence-corrected chi connectivity index (χ3v) is 6.19.